The molecule has 4 aromatic carbocycles. The van der Waals surface area contributed by atoms with Crippen molar-refractivity contribution in [3.8, 4) is 11.5 Å². The highest BCUT2D eigenvalue weighted by Gasteiger charge is 2.65. The van der Waals surface area contributed by atoms with Crippen LogP contribution < -0.4 is 10.1 Å². The highest BCUT2D eigenvalue weighted by molar-refractivity contribution is 6.76. The first-order chi connectivity index (χ1) is 31.4. The van der Waals surface area contributed by atoms with Gasteiger partial charge in [-0.05, 0) is 79.7 Å². The fourth-order valence-electron chi connectivity index (χ4n) is 7.31. The Hall–Kier alpha value is -5.62. The Morgan fingerprint density at radius 1 is 0.667 bits per heavy atom. The maximum absolute atomic E-state index is 15.4. The summed E-state index contributed by atoms with van der Waals surface area (Å²) in [5, 5.41) is 2.66. The number of likely N-dealkylation sites (N-methyl/N-ethyl adjacent to an activating group) is 1. The normalized spacial score (nSPS) is 16.6. The lowest BCUT2D eigenvalue weighted by Crippen LogP contribution is -2.54. The van der Waals surface area contributed by atoms with E-state index < -0.39 is 82.4 Å². The first kappa shape index (κ1) is 51.4. The fraction of sp³-hybridized carbons (Fsp3) is 0.431. The van der Waals surface area contributed by atoms with Crippen molar-refractivity contribution in [1.82, 2.24) is 10.2 Å². The number of aryl methyl sites for hydroxylation is 1. The van der Waals surface area contributed by atoms with Gasteiger partial charge in [0, 0.05) is 34.7 Å². The molecule has 1 fully saturated rings. The van der Waals surface area contributed by atoms with Crippen LogP contribution in [0.2, 0.25) is 51.4 Å². The van der Waals surface area contributed by atoms with Crippen LogP contribution in [0.4, 0.5) is 0 Å². The SMILES string of the molecule is CCNC(=O)[C@H]1OC(C(=O)OCC[Si](C)(C)C)(C(=O)OCC[Si](C)(C)C)O[C@@H]1C(=O)N(CC(=O)OCc1ccccc1)[C@H](C)[C@H](CCc1ccccc1)c1ccc(Oc2ccccc2)cc1. The standard InChI is InChI=1S/C51H66N2O11Si2/c1-9-52-47(55)45-46(64-51(63-45,49(57)59-31-33-65(3,4)5)50(58)60-32-34-66(6,7)8)48(56)53(35-44(54)61-36-39-21-15-11-16-22-39)37(2)43(30-25-38-19-13-10-14-20-38)40-26-28-42(29-27-40)62-41-23-17-12-18-24-41/h10-24,26-29,37,43,45-46H,9,25,30-36H2,1-8H3,(H,52,55)/t37-,43+,45+,46+/m1/s1. The summed E-state index contributed by atoms with van der Waals surface area (Å²) in [5.41, 5.74) is 2.64. The fourth-order valence-corrected chi connectivity index (χ4v) is 8.74. The quantitative estimate of drug-likeness (QED) is 0.0329. The lowest BCUT2D eigenvalue weighted by atomic mass is 9.85. The third-order valence-corrected chi connectivity index (χ3v) is 14.6. The number of esters is 3. The average molecular weight is 939 g/mol. The van der Waals surface area contributed by atoms with Crippen molar-refractivity contribution in [3.63, 3.8) is 0 Å². The van der Waals surface area contributed by atoms with Gasteiger partial charge in [-0.3, -0.25) is 14.4 Å². The van der Waals surface area contributed by atoms with Gasteiger partial charge in [0.2, 0.25) is 0 Å². The van der Waals surface area contributed by atoms with E-state index in [-0.39, 0.29) is 26.4 Å². The zero-order valence-electron chi connectivity index (χ0n) is 39.6. The molecule has 354 valence electrons. The largest absolute Gasteiger partial charge is 0.462 e. The molecule has 2 amide bonds. The molecule has 15 heteroatoms. The molecule has 1 aliphatic rings. The predicted molar refractivity (Wildman–Crippen MR) is 257 cm³/mol. The summed E-state index contributed by atoms with van der Waals surface area (Å²) >= 11 is 0. The molecule has 0 bridgehead atoms. The lowest BCUT2D eigenvalue weighted by molar-refractivity contribution is -0.227. The van der Waals surface area contributed by atoms with Gasteiger partial charge in [-0.25, -0.2) is 9.59 Å². The molecule has 0 aliphatic carbocycles. The van der Waals surface area contributed by atoms with Crippen molar-refractivity contribution in [2.45, 2.75) is 115 Å². The minimum absolute atomic E-state index is 0.0513. The van der Waals surface area contributed by atoms with Crippen LogP contribution in [0.25, 0.3) is 0 Å². The van der Waals surface area contributed by atoms with Gasteiger partial charge in [0.15, 0.2) is 12.2 Å². The molecule has 0 radical (unpaired) electrons. The Kier molecular flexibility index (Phi) is 18.5. The topological polar surface area (TPSA) is 156 Å². The maximum Gasteiger partial charge on any atom is 0.379 e. The molecule has 1 aliphatic heterocycles. The van der Waals surface area contributed by atoms with E-state index in [2.05, 4.69) is 44.6 Å². The van der Waals surface area contributed by atoms with Crippen molar-refractivity contribution in [3.05, 3.63) is 132 Å². The summed E-state index contributed by atoms with van der Waals surface area (Å²) in [4.78, 5) is 73.0. The monoisotopic (exact) mass is 938 g/mol. The van der Waals surface area contributed by atoms with Gasteiger partial charge in [0.05, 0.1) is 13.2 Å². The third kappa shape index (κ3) is 15.0. The zero-order chi connectivity index (χ0) is 47.9. The van der Waals surface area contributed by atoms with E-state index in [9.17, 15) is 19.2 Å². The number of carbonyl (C=O) groups excluding carboxylic acids is 5. The van der Waals surface area contributed by atoms with Crippen molar-refractivity contribution >= 4 is 45.9 Å². The Morgan fingerprint density at radius 2 is 1.17 bits per heavy atom. The molecule has 13 nitrogen and oxygen atoms in total. The number of hydrogen-bond acceptors (Lipinski definition) is 11. The molecule has 1 heterocycles. The summed E-state index contributed by atoms with van der Waals surface area (Å²) in [7, 11) is -3.47. The van der Waals surface area contributed by atoms with Crippen LogP contribution in [-0.4, -0.2) is 101 Å². The number of para-hydroxylation sites is 1. The number of nitrogens with zero attached hydrogens (tertiary/aromatic N) is 1. The van der Waals surface area contributed by atoms with Crippen LogP contribution >= 0.6 is 0 Å². The van der Waals surface area contributed by atoms with Crippen LogP contribution in [0.3, 0.4) is 0 Å². The minimum atomic E-state index is -2.92. The minimum Gasteiger partial charge on any atom is -0.462 e. The first-order valence-corrected chi connectivity index (χ1v) is 30.1. The molecular weight excluding hydrogens is 873 g/mol. The molecule has 1 saturated heterocycles. The Morgan fingerprint density at radius 3 is 1.70 bits per heavy atom. The van der Waals surface area contributed by atoms with E-state index in [0.717, 1.165) is 16.7 Å². The van der Waals surface area contributed by atoms with Crippen LogP contribution in [0.1, 0.15) is 42.9 Å². The number of amides is 2. The number of nitrogens with one attached hydrogen (secondary N) is 1. The molecular formula is C51H66N2O11Si2. The number of hydrogen-bond donors (Lipinski definition) is 1. The summed E-state index contributed by atoms with van der Waals surface area (Å²) in [6, 6.07) is 36.3. The molecule has 4 aromatic rings. The number of carbonyl (C=O) groups is 5. The Bertz CT molecular complexity index is 2170. The number of ether oxygens (including phenoxy) is 6. The van der Waals surface area contributed by atoms with E-state index in [1.807, 2.05) is 122 Å². The van der Waals surface area contributed by atoms with E-state index in [4.69, 9.17) is 28.4 Å². The second-order valence-electron chi connectivity index (χ2n) is 18.9. The van der Waals surface area contributed by atoms with Crippen LogP contribution in [-0.2, 0) is 60.7 Å². The van der Waals surface area contributed by atoms with Crippen LogP contribution in [0.5, 0.6) is 11.5 Å². The molecule has 0 aromatic heterocycles. The van der Waals surface area contributed by atoms with Gasteiger partial charge >= 0.3 is 23.7 Å². The third-order valence-electron chi connectivity index (χ3n) is 11.2. The molecule has 1 N–H and O–H groups in total. The lowest BCUT2D eigenvalue weighted by Gasteiger charge is -2.36. The molecule has 0 unspecified atom stereocenters. The molecule has 4 atom stereocenters. The van der Waals surface area contributed by atoms with E-state index in [0.29, 0.717) is 36.4 Å². The van der Waals surface area contributed by atoms with Gasteiger partial charge in [0.1, 0.15) is 24.7 Å². The zero-order valence-corrected chi connectivity index (χ0v) is 41.6. The van der Waals surface area contributed by atoms with Gasteiger partial charge in [-0.1, -0.05) is 130 Å². The van der Waals surface area contributed by atoms with E-state index in [1.54, 1.807) is 6.92 Å². The highest BCUT2D eigenvalue weighted by atomic mass is 28.3. The van der Waals surface area contributed by atoms with Crippen LogP contribution in [0.15, 0.2) is 115 Å². The molecule has 0 saturated carbocycles. The summed E-state index contributed by atoms with van der Waals surface area (Å²) < 4.78 is 35.5. The van der Waals surface area contributed by atoms with Crippen molar-refractivity contribution < 1.29 is 52.4 Å². The molecule has 66 heavy (non-hydrogen) atoms. The van der Waals surface area contributed by atoms with Crippen molar-refractivity contribution in [2.24, 2.45) is 0 Å². The van der Waals surface area contributed by atoms with Crippen LogP contribution in [0, 0.1) is 0 Å². The van der Waals surface area contributed by atoms with E-state index in [1.165, 1.54) is 4.90 Å². The molecule has 5 rings (SSSR count). The predicted octanol–water partition coefficient (Wildman–Crippen LogP) is 8.54. The Balaban J connectivity index is 1.56. The summed E-state index contributed by atoms with van der Waals surface area (Å²) in [6.45, 7) is 15.5. The van der Waals surface area contributed by atoms with Crippen molar-refractivity contribution in [2.75, 3.05) is 26.3 Å². The second kappa shape index (κ2) is 23.7. The van der Waals surface area contributed by atoms with Gasteiger partial charge in [0.25, 0.3) is 11.8 Å². The van der Waals surface area contributed by atoms with Gasteiger partial charge in [-0.2, -0.15) is 0 Å². The summed E-state index contributed by atoms with van der Waals surface area (Å²) in [5.74, 6) is -6.96. The first-order valence-electron chi connectivity index (χ1n) is 22.7. The van der Waals surface area contributed by atoms with Gasteiger partial charge in [-0.15, -0.1) is 0 Å². The Labute approximate surface area is 391 Å². The number of rotatable bonds is 23. The number of benzene rings is 4. The average Bonchev–Trinajstić information content (AvgIpc) is 3.71. The smallest absolute Gasteiger partial charge is 0.379 e. The maximum atomic E-state index is 15.4. The highest BCUT2D eigenvalue weighted by Crippen LogP contribution is 2.37. The van der Waals surface area contributed by atoms with E-state index >= 15 is 4.79 Å². The summed E-state index contributed by atoms with van der Waals surface area (Å²) in [6.07, 6.45) is -2.59. The molecule has 0 spiro atoms. The second-order valence-corrected chi connectivity index (χ2v) is 30.2. The van der Waals surface area contributed by atoms with Crippen molar-refractivity contribution in [1.29, 1.82) is 0 Å². The van der Waals surface area contributed by atoms with Gasteiger partial charge < -0.3 is 38.6 Å².